The molecule has 0 unspecified atom stereocenters. The van der Waals surface area contributed by atoms with E-state index in [1.165, 1.54) is 4.90 Å². The van der Waals surface area contributed by atoms with Crippen LogP contribution in [0.2, 0.25) is 0 Å². The Bertz CT molecular complexity index is 1090. The van der Waals surface area contributed by atoms with Gasteiger partial charge in [-0.25, -0.2) is 0 Å². The molecule has 4 rings (SSSR count). The summed E-state index contributed by atoms with van der Waals surface area (Å²) in [5, 5.41) is -0.239. The average molecular weight is 453 g/mol. The lowest BCUT2D eigenvalue weighted by Gasteiger charge is -2.12. The van der Waals surface area contributed by atoms with Crippen molar-refractivity contribution in [3.8, 4) is 5.69 Å². The van der Waals surface area contributed by atoms with Crippen LogP contribution in [0.4, 0.5) is 4.79 Å². The third-order valence-corrected chi connectivity index (χ3v) is 5.88. The Morgan fingerprint density at radius 3 is 2.57 bits per heavy atom. The van der Waals surface area contributed by atoms with Crippen molar-refractivity contribution in [3.63, 3.8) is 0 Å². The highest BCUT2D eigenvalue weighted by molar-refractivity contribution is 9.10. The fraction of sp³-hybridized carbons (Fsp3) is 0.0909. The van der Waals surface area contributed by atoms with Crippen LogP contribution in [0, 0.1) is 6.92 Å². The lowest BCUT2D eigenvalue weighted by Crippen LogP contribution is -2.27. The second-order valence-electron chi connectivity index (χ2n) is 6.54. The van der Waals surface area contributed by atoms with Gasteiger partial charge in [0.15, 0.2) is 0 Å². The number of amides is 2. The maximum absolute atomic E-state index is 12.8. The van der Waals surface area contributed by atoms with E-state index >= 15 is 0 Å². The number of hydrogen-bond acceptors (Lipinski definition) is 3. The summed E-state index contributed by atoms with van der Waals surface area (Å²) in [4.78, 5) is 27.0. The summed E-state index contributed by atoms with van der Waals surface area (Å²) in [6, 6.07) is 19.6. The first-order chi connectivity index (χ1) is 13.5. The largest absolute Gasteiger partial charge is 0.317 e. The zero-order valence-corrected chi connectivity index (χ0v) is 17.5. The summed E-state index contributed by atoms with van der Waals surface area (Å²) < 4.78 is 2.96. The summed E-state index contributed by atoms with van der Waals surface area (Å²) in [5.74, 6) is -0.252. The van der Waals surface area contributed by atoms with Gasteiger partial charge in [-0.15, -0.1) is 0 Å². The van der Waals surface area contributed by atoms with Gasteiger partial charge >= 0.3 is 0 Å². The first kappa shape index (κ1) is 18.8. The lowest BCUT2D eigenvalue weighted by molar-refractivity contribution is -0.123. The number of nitrogens with zero attached hydrogens (tertiary/aromatic N) is 2. The molecule has 6 heteroatoms. The SMILES string of the molecule is Cc1ccc(CN2C(=O)S/C(=C\c3cccn3-c3cccc(Br)c3)C2=O)cc1. The molecule has 28 heavy (non-hydrogen) atoms. The number of imide groups is 1. The number of benzene rings is 2. The number of hydrogen-bond donors (Lipinski definition) is 0. The van der Waals surface area contributed by atoms with Crippen LogP contribution in [-0.2, 0) is 11.3 Å². The van der Waals surface area contributed by atoms with Crippen LogP contribution >= 0.6 is 27.7 Å². The van der Waals surface area contributed by atoms with Crippen molar-refractivity contribution in [2.45, 2.75) is 13.5 Å². The fourth-order valence-corrected chi connectivity index (χ4v) is 4.23. The molecule has 1 aromatic heterocycles. The molecule has 0 atom stereocenters. The molecule has 2 amide bonds. The highest BCUT2D eigenvalue weighted by Gasteiger charge is 2.35. The smallest absolute Gasteiger partial charge is 0.293 e. The number of carbonyl (C=O) groups excluding carboxylic acids is 2. The van der Waals surface area contributed by atoms with Gasteiger partial charge < -0.3 is 4.57 Å². The van der Waals surface area contributed by atoms with Crippen LogP contribution in [0.5, 0.6) is 0 Å². The summed E-state index contributed by atoms with van der Waals surface area (Å²) in [6.07, 6.45) is 3.71. The second kappa shape index (κ2) is 7.81. The standard InChI is InChI=1S/C22H17BrN2O2S/c1-15-7-9-16(10-8-15)14-25-21(26)20(28-22(25)27)13-19-6-3-11-24(19)18-5-2-4-17(23)12-18/h2-13H,14H2,1H3/b20-13-. The van der Waals surface area contributed by atoms with Crippen molar-refractivity contribution < 1.29 is 9.59 Å². The molecule has 0 radical (unpaired) electrons. The lowest BCUT2D eigenvalue weighted by atomic mass is 10.1. The molecule has 2 aromatic carbocycles. The molecule has 1 aliphatic heterocycles. The molecule has 1 fully saturated rings. The molecule has 0 spiro atoms. The zero-order valence-electron chi connectivity index (χ0n) is 15.1. The molecule has 0 saturated carbocycles. The van der Waals surface area contributed by atoms with Gasteiger partial charge in [0.2, 0.25) is 0 Å². The molecule has 2 heterocycles. The number of halogens is 1. The van der Waals surface area contributed by atoms with Gasteiger partial charge in [0.25, 0.3) is 11.1 Å². The number of aromatic nitrogens is 1. The zero-order chi connectivity index (χ0) is 19.7. The Balaban J connectivity index is 1.60. The molecule has 140 valence electrons. The van der Waals surface area contributed by atoms with Gasteiger partial charge in [-0.3, -0.25) is 14.5 Å². The van der Waals surface area contributed by atoms with Crippen LogP contribution in [-0.4, -0.2) is 20.6 Å². The summed E-state index contributed by atoms with van der Waals surface area (Å²) in [7, 11) is 0. The Morgan fingerprint density at radius 2 is 1.82 bits per heavy atom. The van der Waals surface area contributed by atoms with Crippen molar-refractivity contribution in [1.29, 1.82) is 0 Å². The molecule has 0 N–H and O–H groups in total. The van der Waals surface area contributed by atoms with E-state index in [1.807, 2.05) is 78.4 Å². The third-order valence-electron chi connectivity index (χ3n) is 4.48. The van der Waals surface area contributed by atoms with Gasteiger partial charge in [0.05, 0.1) is 11.4 Å². The fourth-order valence-electron chi connectivity index (χ4n) is 3.02. The summed E-state index contributed by atoms with van der Waals surface area (Å²) in [5.41, 5.74) is 3.90. The van der Waals surface area contributed by atoms with E-state index in [9.17, 15) is 9.59 Å². The predicted molar refractivity (Wildman–Crippen MR) is 116 cm³/mol. The highest BCUT2D eigenvalue weighted by Crippen LogP contribution is 2.33. The molecule has 3 aromatic rings. The van der Waals surface area contributed by atoms with Gasteiger partial charge in [-0.05, 0) is 60.7 Å². The van der Waals surface area contributed by atoms with Crippen LogP contribution in [0.25, 0.3) is 11.8 Å². The van der Waals surface area contributed by atoms with E-state index in [0.29, 0.717) is 4.91 Å². The van der Waals surface area contributed by atoms with Gasteiger partial charge in [0, 0.05) is 22.1 Å². The van der Waals surface area contributed by atoms with Gasteiger partial charge in [-0.1, -0.05) is 51.8 Å². The minimum Gasteiger partial charge on any atom is -0.317 e. The minimum atomic E-state index is -0.252. The highest BCUT2D eigenvalue weighted by atomic mass is 79.9. The number of aryl methyl sites for hydroxylation is 1. The Kier molecular flexibility index (Phi) is 5.24. The normalized spacial score (nSPS) is 15.6. The number of rotatable bonds is 4. The molecule has 4 nitrogen and oxygen atoms in total. The van der Waals surface area contributed by atoms with Crippen LogP contribution in [0.1, 0.15) is 16.8 Å². The Hall–Kier alpha value is -2.57. The first-order valence-corrected chi connectivity index (χ1v) is 10.4. The van der Waals surface area contributed by atoms with Gasteiger partial charge in [-0.2, -0.15) is 0 Å². The quantitative estimate of drug-likeness (QED) is 0.470. The van der Waals surface area contributed by atoms with Crippen molar-refractivity contribution >= 4 is 44.9 Å². The third kappa shape index (κ3) is 3.84. The topological polar surface area (TPSA) is 42.3 Å². The monoisotopic (exact) mass is 452 g/mol. The molecule has 0 aliphatic carbocycles. The van der Waals surface area contributed by atoms with Crippen molar-refractivity contribution in [1.82, 2.24) is 9.47 Å². The van der Waals surface area contributed by atoms with Crippen molar-refractivity contribution in [2.75, 3.05) is 0 Å². The minimum absolute atomic E-state index is 0.239. The number of carbonyl (C=O) groups is 2. The molecule has 0 bridgehead atoms. The van der Waals surface area contributed by atoms with Crippen LogP contribution in [0.15, 0.2) is 76.2 Å². The summed E-state index contributed by atoms with van der Waals surface area (Å²) >= 11 is 4.47. The Labute approximate surface area is 176 Å². The van der Waals surface area contributed by atoms with Gasteiger partial charge in [0.1, 0.15) is 0 Å². The average Bonchev–Trinajstić information content (AvgIpc) is 3.24. The first-order valence-electron chi connectivity index (χ1n) is 8.75. The molecular formula is C22H17BrN2O2S. The van der Waals surface area contributed by atoms with Crippen LogP contribution < -0.4 is 0 Å². The molecule has 1 aliphatic rings. The van der Waals surface area contributed by atoms with Crippen molar-refractivity contribution in [3.05, 3.63) is 93.1 Å². The van der Waals surface area contributed by atoms with E-state index in [4.69, 9.17) is 0 Å². The van der Waals surface area contributed by atoms with E-state index < -0.39 is 0 Å². The second-order valence-corrected chi connectivity index (χ2v) is 8.45. The van der Waals surface area contributed by atoms with E-state index in [-0.39, 0.29) is 17.7 Å². The van der Waals surface area contributed by atoms with E-state index in [1.54, 1.807) is 6.08 Å². The maximum Gasteiger partial charge on any atom is 0.293 e. The van der Waals surface area contributed by atoms with E-state index in [0.717, 1.165) is 38.7 Å². The maximum atomic E-state index is 12.8. The van der Waals surface area contributed by atoms with E-state index in [2.05, 4.69) is 15.9 Å². The predicted octanol–water partition coefficient (Wildman–Crippen LogP) is 5.78. The van der Waals surface area contributed by atoms with Crippen molar-refractivity contribution in [2.24, 2.45) is 0 Å². The Morgan fingerprint density at radius 1 is 1.04 bits per heavy atom. The number of thioether (sulfide) groups is 1. The van der Waals surface area contributed by atoms with Crippen LogP contribution in [0.3, 0.4) is 0 Å². The molecule has 1 saturated heterocycles. The summed E-state index contributed by atoms with van der Waals surface area (Å²) in [6.45, 7) is 2.29. The molecular weight excluding hydrogens is 436 g/mol.